The van der Waals surface area contributed by atoms with E-state index in [0.29, 0.717) is 28.6 Å². The van der Waals surface area contributed by atoms with Gasteiger partial charge >= 0.3 is 0 Å². The Labute approximate surface area is 217 Å². The third-order valence-electron chi connectivity index (χ3n) is 10.4. The molecule has 4 aliphatic carbocycles. The summed E-state index contributed by atoms with van der Waals surface area (Å²) < 4.78 is 0. The third-order valence-corrected chi connectivity index (χ3v) is 10.4. The first-order valence-corrected chi connectivity index (χ1v) is 15.1. The molecular formula is C32H66O2. The molecule has 2 nitrogen and oxygen atoms in total. The molecule has 0 aromatic carbocycles. The van der Waals surface area contributed by atoms with Crippen LogP contribution in [0.4, 0.5) is 0 Å². The van der Waals surface area contributed by atoms with Crippen LogP contribution in [0.1, 0.15) is 137 Å². The minimum Gasteiger partial charge on any atom is -0.393 e. The summed E-state index contributed by atoms with van der Waals surface area (Å²) in [5.41, 5.74) is 2.33. The van der Waals surface area contributed by atoms with Gasteiger partial charge < -0.3 is 10.2 Å². The Balaban J connectivity index is 0. The second kappa shape index (κ2) is 12.8. The van der Waals surface area contributed by atoms with Crippen molar-refractivity contribution in [3.63, 3.8) is 0 Å². The zero-order valence-electron chi connectivity index (χ0n) is 24.4. The van der Waals surface area contributed by atoms with Gasteiger partial charge in [0.25, 0.3) is 0 Å². The molecule has 0 heterocycles. The predicted molar refractivity (Wildman–Crippen MR) is 154 cm³/mol. The number of aliphatic hydroxyl groups is 2. The van der Waals surface area contributed by atoms with Crippen molar-refractivity contribution in [2.75, 3.05) is 0 Å². The SMILES string of the molecule is CC.CC(C)CC[C@@H](O)[C@@H](C)C1CCC2[C@@H]3CC=C4C[C@@H](O)CC[C@]4(C)C3CC[C@@]21C.CCC.[HH].[HH].[HH]. The average Bonchev–Trinajstić information content (AvgIpc) is 3.16. The van der Waals surface area contributed by atoms with Crippen molar-refractivity contribution in [2.45, 2.75) is 145 Å². The van der Waals surface area contributed by atoms with Gasteiger partial charge in [0.05, 0.1) is 12.2 Å². The maximum atomic E-state index is 11.0. The Morgan fingerprint density at radius 3 is 2.24 bits per heavy atom. The molecule has 0 aromatic rings. The minimum absolute atomic E-state index is 0. The summed E-state index contributed by atoms with van der Waals surface area (Å²) in [5, 5.41) is 21.2. The summed E-state index contributed by atoms with van der Waals surface area (Å²) in [4.78, 5) is 0. The second-order valence-electron chi connectivity index (χ2n) is 13.0. The van der Waals surface area contributed by atoms with Crippen LogP contribution in [0.2, 0.25) is 0 Å². The Morgan fingerprint density at radius 2 is 1.62 bits per heavy atom. The lowest BCUT2D eigenvalue weighted by atomic mass is 9.47. The maximum absolute atomic E-state index is 11.0. The van der Waals surface area contributed by atoms with Gasteiger partial charge in [-0.15, -0.1) is 0 Å². The molecule has 3 saturated carbocycles. The molecule has 3 unspecified atom stereocenters. The van der Waals surface area contributed by atoms with Crippen molar-refractivity contribution in [3.05, 3.63) is 11.6 Å². The van der Waals surface area contributed by atoms with E-state index >= 15 is 0 Å². The number of allylic oxidation sites excluding steroid dienone is 1. The van der Waals surface area contributed by atoms with E-state index in [4.69, 9.17) is 0 Å². The van der Waals surface area contributed by atoms with Crippen LogP contribution in [0, 0.1) is 46.3 Å². The molecule has 0 spiro atoms. The van der Waals surface area contributed by atoms with Gasteiger partial charge in [-0.05, 0) is 111 Å². The number of rotatable bonds is 5. The fourth-order valence-corrected chi connectivity index (χ4v) is 8.58. The molecule has 34 heavy (non-hydrogen) atoms. The number of aliphatic hydroxyl groups excluding tert-OH is 2. The van der Waals surface area contributed by atoms with Gasteiger partial charge in [-0.25, -0.2) is 0 Å². The third kappa shape index (κ3) is 5.96. The van der Waals surface area contributed by atoms with E-state index in [-0.39, 0.29) is 16.5 Å². The van der Waals surface area contributed by atoms with Crippen molar-refractivity contribution in [1.29, 1.82) is 0 Å². The molecule has 2 N–H and O–H groups in total. The molecule has 3 fully saturated rings. The van der Waals surface area contributed by atoms with Crippen molar-refractivity contribution in [1.82, 2.24) is 0 Å². The number of fused-ring (bicyclic) bond motifs is 5. The largest absolute Gasteiger partial charge is 0.393 e. The molecule has 206 valence electrons. The van der Waals surface area contributed by atoms with E-state index < -0.39 is 0 Å². The van der Waals surface area contributed by atoms with Gasteiger partial charge in [0.1, 0.15) is 0 Å². The lowest BCUT2D eigenvalue weighted by Gasteiger charge is -2.58. The first-order valence-electron chi connectivity index (χ1n) is 15.1. The zero-order valence-corrected chi connectivity index (χ0v) is 24.4. The zero-order chi connectivity index (χ0) is 25.7. The van der Waals surface area contributed by atoms with E-state index in [1.165, 1.54) is 44.9 Å². The molecule has 0 saturated heterocycles. The summed E-state index contributed by atoms with van der Waals surface area (Å²) in [7, 11) is 0. The highest BCUT2D eigenvalue weighted by Gasteiger charge is 2.59. The van der Waals surface area contributed by atoms with Crippen LogP contribution in [-0.4, -0.2) is 22.4 Å². The summed E-state index contributed by atoms with van der Waals surface area (Å²) >= 11 is 0. The van der Waals surface area contributed by atoms with Crippen LogP contribution in [-0.2, 0) is 0 Å². The fraction of sp³-hybridized carbons (Fsp3) is 0.938. The quantitative estimate of drug-likeness (QED) is 0.383. The molecule has 0 radical (unpaired) electrons. The van der Waals surface area contributed by atoms with Crippen LogP contribution in [0.5, 0.6) is 0 Å². The van der Waals surface area contributed by atoms with Crippen LogP contribution >= 0.6 is 0 Å². The highest BCUT2D eigenvalue weighted by molar-refractivity contribution is 5.25. The molecule has 4 rings (SSSR count). The van der Waals surface area contributed by atoms with E-state index in [1.807, 2.05) is 13.8 Å². The topological polar surface area (TPSA) is 40.5 Å². The summed E-state index contributed by atoms with van der Waals surface area (Å²) in [6.07, 6.45) is 15.4. The smallest absolute Gasteiger partial charge is 0.0577 e. The highest BCUT2D eigenvalue weighted by Crippen LogP contribution is 2.67. The summed E-state index contributed by atoms with van der Waals surface area (Å²) in [6, 6.07) is 0. The van der Waals surface area contributed by atoms with Crippen molar-refractivity contribution >= 4 is 0 Å². The van der Waals surface area contributed by atoms with E-state index in [9.17, 15) is 10.2 Å². The lowest BCUT2D eigenvalue weighted by molar-refractivity contribution is -0.0681. The molecule has 0 bridgehead atoms. The van der Waals surface area contributed by atoms with Crippen LogP contribution < -0.4 is 0 Å². The van der Waals surface area contributed by atoms with Crippen molar-refractivity contribution in [3.8, 4) is 0 Å². The monoisotopic (exact) mass is 483 g/mol. The molecule has 0 aromatic heterocycles. The van der Waals surface area contributed by atoms with Crippen LogP contribution in [0.25, 0.3) is 0 Å². The van der Waals surface area contributed by atoms with Crippen molar-refractivity contribution < 1.29 is 14.5 Å². The Hall–Kier alpha value is -0.340. The normalized spacial score (nSPS) is 40.4. The summed E-state index contributed by atoms with van der Waals surface area (Å²) in [6.45, 7) is 20.2. The first-order chi connectivity index (χ1) is 16.1. The first kappa shape index (κ1) is 29.9. The van der Waals surface area contributed by atoms with Crippen molar-refractivity contribution in [2.24, 2.45) is 46.3 Å². The van der Waals surface area contributed by atoms with E-state index in [2.05, 4.69) is 54.5 Å². The average molecular weight is 483 g/mol. The van der Waals surface area contributed by atoms with Gasteiger partial charge in [-0.2, -0.15) is 0 Å². The molecule has 0 aliphatic heterocycles. The Morgan fingerprint density at radius 1 is 0.971 bits per heavy atom. The van der Waals surface area contributed by atoms with Crippen LogP contribution in [0.15, 0.2) is 11.6 Å². The molecule has 0 amide bonds. The van der Waals surface area contributed by atoms with Gasteiger partial charge in [0, 0.05) is 4.28 Å². The van der Waals surface area contributed by atoms with Gasteiger partial charge in [-0.1, -0.05) is 80.4 Å². The molecule has 2 heteroatoms. The van der Waals surface area contributed by atoms with Gasteiger partial charge in [0.15, 0.2) is 0 Å². The van der Waals surface area contributed by atoms with E-state index in [0.717, 1.165) is 43.4 Å². The molecular weight excluding hydrogens is 416 g/mol. The Kier molecular flexibility index (Phi) is 11.2. The minimum atomic E-state index is -0.133. The van der Waals surface area contributed by atoms with Gasteiger partial charge in [0.2, 0.25) is 0 Å². The highest BCUT2D eigenvalue weighted by atomic mass is 16.3. The predicted octanol–water partition coefficient (Wildman–Crippen LogP) is 9.54. The molecule has 9 atom stereocenters. The maximum Gasteiger partial charge on any atom is 0.0577 e. The molecule has 4 aliphatic rings. The van der Waals surface area contributed by atoms with E-state index in [1.54, 1.807) is 5.57 Å². The summed E-state index contributed by atoms with van der Waals surface area (Å²) in [5.74, 6) is 4.25. The fourth-order valence-electron chi connectivity index (χ4n) is 8.58. The van der Waals surface area contributed by atoms with Gasteiger partial charge in [-0.3, -0.25) is 0 Å². The second-order valence-corrected chi connectivity index (χ2v) is 13.0. The standard InChI is InChI=1S/C27H46O2.C3H8.C2H6.3H2/c1-17(2)6-11-25(29)18(3)22-9-10-23-21-8-7-19-16-20(28)12-14-26(19,4)24(21)13-15-27(22,23)5;1-3-2;1-2;;;/h7,17-18,20-25,28-29H,6,8-16H2,1-5H3;3H2,1-2H3;1-2H3;3*1H/t18-,20-,21-,22?,23?,24?,25+,26-,27+;;;;;/m0...../s1. The number of hydrogen-bond acceptors (Lipinski definition) is 2. The number of hydrogen-bond donors (Lipinski definition) is 2. The van der Waals surface area contributed by atoms with Crippen LogP contribution in [0.3, 0.4) is 0 Å². The Bertz CT molecular complexity index is 654. The lowest BCUT2D eigenvalue weighted by Crippen LogP contribution is -2.51.